The van der Waals surface area contributed by atoms with Gasteiger partial charge in [0.15, 0.2) is 4.34 Å². The summed E-state index contributed by atoms with van der Waals surface area (Å²) >= 11 is 2.71. The molecule has 0 aliphatic carbocycles. The minimum atomic E-state index is -3.77. The fraction of sp³-hybridized carbons (Fsp3) is 0.421. The molecule has 0 atom stereocenters. The van der Waals surface area contributed by atoms with Gasteiger partial charge < -0.3 is 4.74 Å². The van der Waals surface area contributed by atoms with Gasteiger partial charge in [-0.05, 0) is 31.0 Å². The number of anilines is 1. The Labute approximate surface area is 184 Å². The van der Waals surface area contributed by atoms with Gasteiger partial charge in [0, 0.05) is 24.4 Å². The van der Waals surface area contributed by atoms with Crippen LogP contribution in [-0.4, -0.2) is 54.8 Å². The van der Waals surface area contributed by atoms with Crippen molar-refractivity contribution in [3.63, 3.8) is 0 Å². The van der Waals surface area contributed by atoms with E-state index in [-0.39, 0.29) is 16.2 Å². The van der Waals surface area contributed by atoms with Crippen LogP contribution in [-0.2, 0) is 10.0 Å². The van der Waals surface area contributed by atoms with Crippen molar-refractivity contribution in [2.45, 2.75) is 34.9 Å². The zero-order valence-corrected chi connectivity index (χ0v) is 19.1. The second kappa shape index (κ2) is 10.4. The summed E-state index contributed by atoms with van der Waals surface area (Å²) in [4.78, 5) is 12.7. The molecule has 0 spiro atoms. The molecule has 0 unspecified atom stereocenters. The van der Waals surface area contributed by atoms with Crippen LogP contribution in [0.15, 0.2) is 40.1 Å². The number of sulfonamides is 1. The molecule has 11 heteroatoms. The molecular formula is C19H24N4O4S3. The Kier molecular flexibility index (Phi) is 7.87. The fourth-order valence-corrected chi connectivity index (χ4v) is 6.27. The zero-order valence-electron chi connectivity index (χ0n) is 16.7. The Morgan fingerprint density at radius 1 is 1.30 bits per heavy atom. The monoisotopic (exact) mass is 468 g/mol. The largest absolute Gasteiger partial charge is 0.495 e. The van der Waals surface area contributed by atoms with E-state index in [2.05, 4.69) is 22.1 Å². The van der Waals surface area contributed by atoms with Crippen LogP contribution in [0.1, 0.15) is 36.0 Å². The summed E-state index contributed by atoms with van der Waals surface area (Å²) in [5.41, 5.74) is 0.208. The summed E-state index contributed by atoms with van der Waals surface area (Å²) in [6.45, 7) is 4.59. The van der Waals surface area contributed by atoms with Crippen molar-refractivity contribution in [2.75, 3.05) is 31.3 Å². The Bertz CT molecular complexity index is 999. The highest BCUT2D eigenvalue weighted by molar-refractivity contribution is 8.01. The molecule has 0 radical (unpaired) electrons. The Morgan fingerprint density at radius 2 is 2.03 bits per heavy atom. The van der Waals surface area contributed by atoms with E-state index in [1.165, 1.54) is 52.7 Å². The number of ether oxygens (including phenoxy) is 1. The van der Waals surface area contributed by atoms with Gasteiger partial charge in [0.05, 0.1) is 7.11 Å². The lowest BCUT2D eigenvalue weighted by molar-refractivity contribution is 0.102. The molecule has 1 amide bonds. The topological polar surface area (TPSA) is 101 Å². The third-order valence-electron chi connectivity index (χ3n) is 4.56. The smallest absolute Gasteiger partial charge is 0.257 e. The van der Waals surface area contributed by atoms with Crippen molar-refractivity contribution in [3.8, 4) is 5.75 Å². The van der Waals surface area contributed by atoms with Gasteiger partial charge >= 0.3 is 0 Å². The maximum absolute atomic E-state index is 13.2. The van der Waals surface area contributed by atoms with Crippen LogP contribution in [0.25, 0.3) is 0 Å². The van der Waals surface area contributed by atoms with Crippen LogP contribution < -0.4 is 10.1 Å². The van der Waals surface area contributed by atoms with E-state index in [0.717, 1.165) is 25.7 Å². The quantitative estimate of drug-likeness (QED) is 0.358. The number of nitrogens with zero attached hydrogens (tertiary/aromatic N) is 3. The molecule has 0 bridgehead atoms. The molecule has 2 aromatic rings. The second-order valence-corrected chi connectivity index (χ2v) is 10.8. The standard InChI is InChI=1S/C19H24N4O4S3/c1-3-12-28-19-22-21-18(29-19)20-17(24)14-8-9-15(27-2)16(13-14)30(25,26)23-10-6-4-5-7-11-23/h3,8-9,13H,1,4-7,10-12H2,2H3,(H,20,21,24). The van der Waals surface area contributed by atoms with Crippen LogP contribution in [0.4, 0.5) is 5.13 Å². The van der Waals surface area contributed by atoms with Gasteiger partial charge in [-0.25, -0.2) is 8.42 Å². The van der Waals surface area contributed by atoms with Gasteiger partial charge in [-0.15, -0.1) is 16.8 Å². The molecule has 1 fully saturated rings. The third-order valence-corrected chi connectivity index (χ3v) is 8.45. The first kappa shape index (κ1) is 22.7. The minimum Gasteiger partial charge on any atom is -0.495 e. The molecule has 1 aromatic heterocycles. The van der Waals surface area contributed by atoms with E-state index < -0.39 is 15.9 Å². The van der Waals surface area contributed by atoms with E-state index >= 15 is 0 Å². The normalized spacial score (nSPS) is 15.4. The number of hydrogen-bond acceptors (Lipinski definition) is 8. The number of carbonyl (C=O) groups is 1. The second-order valence-electron chi connectivity index (χ2n) is 6.61. The average Bonchev–Trinajstić information content (AvgIpc) is 3.00. The molecule has 1 aromatic carbocycles. The minimum absolute atomic E-state index is 0.000888. The highest BCUT2D eigenvalue weighted by atomic mass is 32.2. The number of carbonyl (C=O) groups excluding carboxylic acids is 1. The molecular weight excluding hydrogens is 444 g/mol. The van der Waals surface area contributed by atoms with E-state index in [9.17, 15) is 13.2 Å². The Balaban J connectivity index is 1.83. The van der Waals surface area contributed by atoms with Gasteiger partial charge in [-0.1, -0.05) is 42.0 Å². The maximum atomic E-state index is 13.2. The van der Waals surface area contributed by atoms with Crippen LogP contribution >= 0.6 is 23.1 Å². The number of thioether (sulfide) groups is 1. The number of methoxy groups -OCH3 is 1. The Morgan fingerprint density at radius 3 is 2.70 bits per heavy atom. The van der Waals surface area contributed by atoms with Crippen molar-refractivity contribution in [3.05, 3.63) is 36.4 Å². The maximum Gasteiger partial charge on any atom is 0.257 e. The van der Waals surface area contributed by atoms with Crippen LogP contribution in [0.5, 0.6) is 5.75 Å². The molecule has 162 valence electrons. The average molecular weight is 469 g/mol. The lowest BCUT2D eigenvalue weighted by atomic mass is 10.2. The highest BCUT2D eigenvalue weighted by Crippen LogP contribution is 2.30. The number of benzene rings is 1. The van der Waals surface area contributed by atoms with Gasteiger partial charge in [0.1, 0.15) is 10.6 Å². The highest BCUT2D eigenvalue weighted by Gasteiger charge is 2.29. The molecule has 0 saturated carbocycles. The predicted octanol–water partition coefficient (Wildman–Crippen LogP) is 3.64. The molecule has 1 aliphatic heterocycles. The van der Waals surface area contributed by atoms with Crippen LogP contribution in [0.3, 0.4) is 0 Å². The molecule has 1 saturated heterocycles. The van der Waals surface area contributed by atoms with Crippen LogP contribution in [0, 0.1) is 0 Å². The summed E-state index contributed by atoms with van der Waals surface area (Å²) in [6, 6.07) is 4.40. The van der Waals surface area contributed by atoms with Crippen LogP contribution in [0.2, 0.25) is 0 Å². The fourth-order valence-electron chi connectivity index (χ4n) is 3.06. The first-order chi connectivity index (χ1) is 14.5. The lowest BCUT2D eigenvalue weighted by Gasteiger charge is -2.21. The summed E-state index contributed by atoms with van der Waals surface area (Å²) in [7, 11) is -2.36. The molecule has 8 nitrogen and oxygen atoms in total. The van der Waals surface area contributed by atoms with Gasteiger partial charge in [0.2, 0.25) is 15.2 Å². The molecule has 1 aliphatic rings. The van der Waals surface area contributed by atoms with Crippen molar-refractivity contribution >= 4 is 44.2 Å². The number of amides is 1. The van der Waals surface area contributed by atoms with E-state index in [0.29, 0.717) is 28.3 Å². The summed E-state index contributed by atoms with van der Waals surface area (Å²) < 4.78 is 34.0. The van der Waals surface area contributed by atoms with E-state index in [1.807, 2.05) is 0 Å². The summed E-state index contributed by atoms with van der Waals surface area (Å²) in [5.74, 6) is 0.454. The molecule has 2 heterocycles. The predicted molar refractivity (Wildman–Crippen MR) is 119 cm³/mol. The number of rotatable bonds is 8. The first-order valence-corrected chi connectivity index (χ1v) is 12.8. The van der Waals surface area contributed by atoms with Crippen molar-refractivity contribution < 1.29 is 17.9 Å². The van der Waals surface area contributed by atoms with E-state index in [4.69, 9.17) is 4.74 Å². The summed E-state index contributed by atoms with van der Waals surface area (Å²) in [5, 5.41) is 11.0. The molecule has 3 rings (SSSR count). The van der Waals surface area contributed by atoms with Crippen molar-refractivity contribution in [2.24, 2.45) is 0 Å². The number of aromatic nitrogens is 2. The zero-order chi connectivity index (χ0) is 21.6. The SMILES string of the molecule is C=CCSc1nnc(NC(=O)c2ccc(OC)c(S(=O)(=O)N3CCCCCC3)c2)s1. The third kappa shape index (κ3) is 5.39. The van der Waals surface area contributed by atoms with Gasteiger partial charge in [-0.2, -0.15) is 4.31 Å². The molecule has 30 heavy (non-hydrogen) atoms. The number of hydrogen-bond donors (Lipinski definition) is 1. The van der Waals surface area contributed by atoms with Gasteiger partial charge in [0.25, 0.3) is 5.91 Å². The van der Waals surface area contributed by atoms with E-state index in [1.54, 1.807) is 6.08 Å². The first-order valence-electron chi connectivity index (χ1n) is 9.52. The number of nitrogens with one attached hydrogen (secondary N) is 1. The Hall–Kier alpha value is -1.95. The molecule has 1 N–H and O–H groups in total. The summed E-state index contributed by atoms with van der Waals surface area (Å²) in [6.07, 6.45) is 5.44. The van der Waals surface area contributed by atoms with Gasteiger partial charge in [-0.3, -0.25) is 10.1 Å². The lowest BCUT2D eigenvalue weighted by Crippen LogP contribution is -2.32. The van der Waals surface area contributed by atoms with Crippen molar-refractivity contribution in [1.82, 2.24) is 14.5 Å². The van der Waals surface area contributed by atoms with Crippen molar-refractivity contribution in [1.29, 1.82) is 0 Å².